The highest BCUT2D eigenvalue weighted by molar-refractivity contribution is 5.28. The number of methoxy groups -OCH3 is 1. The fourth-order valence-electron chi connectivity index (χ4n) is 1.60. The molecule has 0 aliphatic rings. The molecule has 0 saturated heterocycles. The van der Waals surface area contributed by atoms with Crippen LogP contribution in [0.25, 0.3) is 0 Å². The third kappa shape index (κ3) is 2.77. The first-order chi connectivity index (χ1) is 8.70. The van der Waals surface area contributed by atoms with Crippen molar-refractivity contribution in [1.82, 2.24) is 19.7 Å². The van der Waals surface area contributed by atoms with E-state index in [1.54, 1.807) is 25.6 Å². The number of hydrogen-bond acceptors (Lipinski definition) is 5. The molecule has 6 nitrogen and oxygen atoms in total. The summed E-state index contributed by atoms with van der Waals surface area (Å²) in [6.07, 6.45) is 5.38. The van der Waals surface area contributed by atoms with E-state index >= 15 is 0 Å². The molecule has 2 heterocycles. The third-order valence-electron chi connectivity index (χ3n) is 2.86. The lowest BCUT2D eigenvalue weighted by molar-refractivity contribution is 0.396. The molecule has 2 atom stereocenters. The topological polar surface area (TPSA) is 64.9 Å². The van der Waals surface area contributed by atoms with Crippen LogP contribution in [0.5, 0.6) is 5.88 Å². The summed E-state index contributed by atoms with van der Waals surface area (Å²) in [6, 6.07) is 3.98. The molecule has 0 amide bonds. The first kappa shape index (κ1) is 12.3. The van der Waals surface area contributed by atoms with Gasteiger partial charge in [0.1, 0.15) is 0 Å². The van der Waals surface area contributed by atoms with E-state index in [9.17, 15) is 0 Å². The molecule has 0 bridgehead atoms. The van der Waals surface area contributed by atoms with E-state index in [0.29, 0.717) is 11.8 Å². The Labute approximate surface area is 106 Å². The monoisotopic (exact) mass is 247 g/mol. The highest BCUT2D eigenvalue weighted by atomic mass is 16.5. The Kier molecular flexibility index (Phi) is 3.76. The van der Waals surface area contributed by atoms with Gasteiger partial charge in [0.05, 0.1) is 13.2 Å². The second-order valence-corrected chi connectivity index (χ2v) is 4.08. The van der Waals surface area contributed by atoms with Gasteiger partial charge in [-0.05, 0) is 19.9 Å². The Morgan fingerprint density at radius 3 is 2.83 bits per heavy atom. The minimum atomic E-state index is 0.150. The van der Waals surface area contributed by atoms with Gasteiger partial charge >= 0.3 is 0 Å². The average molecular weight is 247 g/mol. The Bertz CT molecular complexity index is 485. The van der Waals surface area contributed by atoms with Gasteiger partial charge in [-0.15, -0.1) is 0 Å². The molecule has 0 unspecified atom stereocenters. The molecule has 2 aromatic rings. The van der Waals surface area contributed by atoms with Crippen molar-refractivity contribution in [3.05, 3.63) is 30.7 Å². The van der Waals surface area contributed by atoms with Crippen molar-refractivity contribution in [3.63, 3.8) is 0 Å². The molecule has 0 radical (unpaired) electrons. The van der Waals surface area contributed by atoms with Crippen LogP contribution in [0, 0.1) is 0 Å². The summed E-state index contributed by atoms with van der Waals surface area (Å²) in [7, 11) is 1.59. The summed E-state index contributed by atoms with van der Waals surface area (Å²) in [6.45, 7) is 4.15. The highest BCUT2D eigenvalue weighted by Crippen LogP contribution is 2.14. The van der Waals surface area contributed by atoms with E-state index in [1.807, 2.05) is 16.9 Å². The predicted octanol–water partition coefficient (Wildman–Crippen LogP) is 1.74. The van der Waals surface area contributed by atoms with Gasteiger partial charge in [0, 0.05) is 30.7 Å². The van der Waals surface area contributed by atoms with Crippen LogP contribution in [0.4, 0.5) is 5.95 Å². The van der Waals surface area contributed by atoms with E-state index in [4.69, 9.17) is 4.74 Å². The van der Waals surface area contributed by atoms with Crippen LogP contribution in [-0.4, -0.2) is 32.9 Å². The zero-order valence-electron chi connectivity index (χ0n) is 10.7. The zero-order chi connectivity index (χ0) is 13.0. The Hall–Kier alpha value is -2.11. The minimum Gasteiger partial charge on any atom is -0.481 e. The lowest BCUT2D eigenvalue weighted by Gasteiger charge is -2.21. The first-order valence-corrected chi connectivity index (χ1v) is 5.83. The Morgan fingerprint density at radius 1 is 1.33 bits per heavy atom. The van der Waals surface area contributed by atoms with Crippen molar-refractivity contribution in [3.8, 4) is 5.88 Å². The summed E-state index contributed by atoms with van der Waals surface area (Å²) in [5, 5.41) is 7.47. The molecule has 0 fully saturated rings. The van der Waals surface area contributed by atoms with Crippen LogP contribution < -0.4 is 10.1 Å². The standard InChI is InChI=1S/C12H17N5O/c1-9(10(2)17-8-4-6-14-17)15-12-13-7-5-11(16-12)18-3/h4-10H,1-3H3,(H,13,15,16)/t9-,10+/m1/s1. The molecule has 96 valence electrons. The molecule has 0 saturated carbocycles. The average Bonchev–Trinajstić information content (AvgIpc) is 2.92. The lowest BCUT2D eigenvalue weighted by atomic mass is 10.2. The molecule has 1 N–H and O–H groups in total. The maximum atomic E-state index is 5.06. The second-order valence-electron chi connectivity index (χ2n) is 4.08. The van der Waals surface area contributed by atoms with Gasteiger partial charge in [-0.1, -0.05) is 0 Å². The van der Waals surface area contributed by atoms with Crippen molar-refractivity contribution in [1.29, 1.82) is 0 Å². The first-order valence-electron chi connectivity index (χ1n) is 5.83. The number of aromatic nitrogens is 4. The van der Waals surface area contributed by atoms with Crippen LogP contribution in [-0.2, 0) is 0 Å². The Morgan fingerprint density at radius 2 is 2.17 bits per heavy atom. The highest BCUT2D eigenvalue weighted by Gasteiger charge is 2.15. The molecular weight excluding hydrogens is 230 g/mol. The largest absolute Gasteiger partial charge is 0.481 e. The summed E-state index contributed by atoms with van der Waals surface area (Å²) >= 11 is 0. The van der Waals surface area contributed by atoms with Crippen molar-refractivity contribution in [2.45, 2.75) is 25.9 Å². The van der Waals surface area contributed by atoms with E-state index < -0.39 is 0 Å². The van der Waals surface area contributed by atoms with Gasteiger partial charge in [0.25, 0.3) is 0 Å². The SMILES string of the molecule is COc1ccnc(N[C@H](C)[C@H](C)n2cccn2)n1. The molecule has 0 aromatic carbocycles. The van der Waals surface area contributed by atoms with Crippen LogP contribution in [0.2, 0.25) is 0 Å². The van der Waals surface area contributed by atoms with Crippen LogP contribution >= 0.6 is 0 Å². The molecule has 18 heavy (non-hydrogen) atoms. The minimum absolute atomic E-state index is 0.150. The van der Waals surface area contributed by atoms with Gasteiger partial charge in [-0.3, -0.25) is 4.68 Å². The lowest BCUT2D eigenvalue weighted by Crippen LogP contribution is -2.27. The summed E-state index contributed by atoms with van der Waals surface area (Å²) < 4.78 is 6.96. The fourth-order valence-corrected chi connectivity index (χ4v) is 1.60. The van der Waals surface area contributed by atoms with Crippen molar-refractivity contribution in [2.24, 2.45) is 0 Å². The molecule has 2 aromatic heterocycles. The predicted molar refractivity (Wildman–Crippen MR) is 68.6 cm³/mol. The van der Waals surface area contributed by atoms with Gasteiger partial charge in [0.15, 0.2) is 0 Å². The van der Waals surface area contributed by atoms with E-state index in [-0.39, 0.29) is 12.1 Å². The van der Waals surface area contributed by atoms with E-state index in [1.165, 1.54) is 0 Å². The molecule has 2 rings (SSSR count). The quantitative estimate of drug-likeness (QED) is 0.871. The maximum Gasteiger partial charge on any atom is 0.226 e. The van der Waals surface area contributed by atoms with Crippen LogP contribution in [0.15, 0.2) is 30.7 Å². The smallest absolute Gasteiger partial charge is 0.226 e. The van der Waals surface area contributed by atoms with Crippen molar-refractivity contribution < 1.29 is 4.74 Å². The number of nitrogens with one attached hydrogen (secondary N) is 1. The maximum absolute atomic E-state index is 5.06. The summed E-state index contributed by atoms with van der Waals surface area (Å²) in [4.78, 5) is 8.38. The van der Waals surface area contributed by atoms with Crippen molar-refractivity contribution in [2.75, 3.05) is 12.4 Å². The van der Waals surface area contributed by atoms with E-state index in [0.717, 1.165) is 0 Å². The molecule has 6 heteroatoms. The summed E-state index contributed by atoms with van der Waals surface area (Å²) in [5.74, 6) is 1.10. The van der Waals surface area contributed by atoms with Crippen LogP contribution in [0.1, 0.15) is 19.9 Å². The molecule has 0 spiro atoms. The fraction of sp³-hybridized carbons (Fsp3) is 0.417. The molecule has 0 aliphatic heterocycles. The zero-order valence-corrected chi connectivity index (χ0v) is 10.7. The Balaban J connectivity index is 2.04. The van der Waals surface area contributed by atoms with Gasteiger partial charge in [0.2, 0.25) is 11.8 Å². The summed E-state index contributed by atoms with van der Waals surface area (Å²) in [5.41, 5.74) is 0. The third-order valence-corrected chi connectivity index (χ3v) is 2.86. The number of hydrogen-bond donors (Lipinski definition) is 1. The van der Waals surface area contributed by atoms with Gasteiger partial charge in [-0.2, -0.15) is 10.1 Å². The van der Waals surface area contributed by atoms with Gasteiger partial charge in [-0.25, -0.2) is 4.98 Å². The van der Waals surface area contributed by atoms with E-state index in [2.05, 4.69) is 34.2 Å². The van der Waals surface area contributed by atoms with Crippen molar-refractivity contribution >= 4 is 5.95 Å². The van der Waals surface area contributed by atoms with Gasteiger partial charge < -0.3 is 10.1 Å². The second kappa shape index (κ2) is 5.48. The number of ether oxygens (including phenoxy) is 1. The number of anilines is 1. The normalized spacial score (nSPS) is 13.9. The number of nitrogens with zero attached hydrogens (tertiary/aromatic N) is 4. The number of rotatable bonds is 5. The molecule has 0 aliphatic carbocycles. The molecular formula is C12H17N5O. The van der Waals surface area contributed by atoms with Crippen LogP contribution in [0.3, 0.4) is 0 Å².